The predicted molar refractivity (Wildman–Crippen MR) is 129 cm³/mol. The van der Waals surface area contributed by atoms with Gasteiger partial charge in [-0.1, -0.05) is 63.2 Å². The highest BCUT2D eigenvalue weighted by Gasteiger charge is 2.43. The molecule has 3 aliphatic heterocycles. The summed E-state index contributed by atoms with van der Waals surface area (Å²) in [4.78, 5) is 16.8. The molecule has 0 saturated carbocycles. The van der Waals surface area contributed by atoms with Crippen LogP contribution in [-0.2, 0) is 11.8 Å². The van der Waals surface area contributed by atoms with Gasteiger partial charge in [0.25, 0.3) is 0 Å². The third-order valence-electron chi connectivity index (χ3n) is 8.05. The molecule has 2 aromatic rings. The summed E-state index contributed by atoms with van der Waals surface area (Å²) in [5, 5.41) is 10.3. The molecular weight excluding hydrogens is 396 g/mol. The van der Waals surface area contributed by atoms with Crippen molar-refractivity contribution in [3.8, 4) is 11.1 Å². The van der Waals surface area contributed by atoms with Gasteiger partial charge in [0, 0.05) is 6.54 Å². The van der Waals surface area contributed by atoms with E-state index in [-0.39, 0.29) is 17.5 Å². The molecule has 4 aliphatic rings. The van der Waals surface area contributed by atoms with Crippen LogP contribution in [-0.4, -0.2) is 46.7 Å². The van der Waals surface area contributed by atoms with Gasteiger partial charge in [-0.15, -0.1) is 0 Å². The SMILES string of the molecule is CC(C)(C)c1ccc(-c2ccc3c(c2)CCC[C@@H]3N(C(=O)O)C2CN3CCC2CC3)cc1. The summed E-state index contributed by atoms with van der Waals surface area (Å²) in [5.74, 6) is 0.516. The molecule has 1 amide bonds. The highest BCUT2D eigenvalue weighted by Crippen LogP contribution is 2.41. The first-order valence-electron chi connectivity index (χ1n) is 12.3. The van der Waals surface area contributed by atoms with Crippen molar-refractivity contribution in [1.82, 2.24) is 9.80 Å². The van der Waals surface area contributed by atoms with Gasteiger partial charge in [0.2, 0.25) is 0 Å². The fraction of sp³-hybridized carbons (Fsp3) is 0.536. The lowest BCUT2D eigenvalue weighted by molar-refractivity contribution is -0.00969. The van der Waals surface area contributed by atoms with Crippen LogP contribution in [0.4, 0.5) is 4.79 Å². The maximum Gasteiger partial charge on any atom is 0.408 e. The Morgan fingerprint density at radius 3 is 2.28 bits per heavy atom. The summed E-state index contributed by atoms with van der Waals surface area (Å²) >= 11 is 0. The third kappa shape index (κ3) is 3.94. The second-order valence-electron chi connectivity index (χ2n) is 11.0. The standard InChI is InChI=1S/C28H36N2O2/c1-28(2,3)23-10-7-19(8-11-23)21-9-12-24-22(17-21)5-4-6-25(24)30(27(31)32)26-18-29-15-13-20(26)14-16-29/h7-12,17,20,25-26H,4-6,13-16,18H2,1-3H3,(H,31,32)/t25-,26?/m0/s1. The Labute approximate surface area is 192 Å². The number of rotatable bonds is 3. The topological polar surface area (TPSA) is 43.8 Å². The first-order valence-corrected chi connectivity index (χ1v) is 12.3. The van der Waals surface area contributed by atoms with Gasteiger partial charge >= 0.3 is 6.09 Å². The monoisotopic (exact) mass is 432 g/mol. The highest BCUT2D eigenvalue weighted by atomic mass is 16.4. The van der Waals surface area contributed by atoms with Crippen LogP contribution >= 0.6 is 0 Å². The molecule has 4 heteroatoms. The number of hydrogen-bond acceptors (Lipinski definition) is 2. The maximum atomic E-state index is 12.5. The summed E-state index contributed by atoms with van der Waals surface area (Å²) in [6, 6.07) is 15.7. The van der Waals surface area contributed by atoms with Gasteiger partial charge < -0.3 is 10.0 Å². The lowest BCUT2D eigenvalue weighted by atomic mass is 9.79. The van der Waals surface area contributed by atoms with Crippen molar-refractivity contribution < 1.29 is 9.90 Å². The van der Waals surface area contributed by atoms with E-state index in [0.29, 0.717) is 5.92 Å². The van der Waals surface area contributed by atoms with Crippen molar-refractivity contribution in [3.63, 3.8) is 0 Å². The van der Waals surface area contributed by atoms with Gasteiger partial charge in [-0.2, -0.15) is 0 Å². The molecule has 2 bridgehead atoms. The number of amides is 1. The number of carboxylic acid groups (broad SMARTS) is 1. The summed E-state index contributed by atoms with van der Waals surface area (Å²) in [6.45, 7) is 9.89. The van der Waals surface area contributed by atoms with Crippen molar-refractivity contribution in [3.05, 3.63) is 59.2 Å². The number of carbonyl (C=O) groups is 1. The molecule has 0 radical (unpaired) electrons. The molecule has 1 N–H and O–H groups in total. The van der Waals surface area contributed by atoms with Crippen molar-refractivity contribution >= 4 is 6.09 Å². The highest BCUT2D eigenvalue weighted by molar-refractivity contribution is 5.68. The zero-order valence-electron chi connectivity index (χ0n) is 19.7. The number of fused-ring (bicyclic) bond motifs is 4. The van der Waals surface area contributed by atoms with Crippen molar-refractivity contribution in [1.29, 1.82) is 0 Å². The molecule has 2 atom stereocenters. The smallest absolute Gasteiger partial charge is 0.408 e. The van der Waals surface area contributed by atoms with Crippen LogP contribution in [0, 0.1) is 5.92 Å². The second kappa shape index (κ2) is 8.22. The van der Waals surface area contributed by atoms with Crippen LogP contribution < -0.4 is 0 Å². The van der Waals surface area contributed by atoms with E-state index in [9.17, 15) is 9.90 Å². The minimum atomic E-state index is -0.747. The molecule has 0 spiro atoms. The van der Waals surface area contributed by atoms with E-state index in [1.807, 2.05) is 4.90 Å². The first kappa shape index (κ1) is 21.5. The fourth-order valence-electron chi connectivity index (χ4n) is 6.18. The van der Waals surface area contributed by atoms with E-state index >= 15 is 0 Å². The van der Waals surface area contributed by atoms with E-state index in [0.717, 1.165) is 51.7 Å². The zero-order valence-corrected chi connectivity index (χ0v) is 19.7. The largest absolute Gasteiger partial charge is 0.465 e. The average Bonchev–Trinajstić information content (AvgIpc) is 2.79. The first-order chi connectivity index (χ1) is 15.3. The number of benzene rings is 2. The van der Waals surface area contributed by atoms with E-state index in [1.54, 1.807) is 0 Å². The summed E-state index contributed by atoms with van der Waals surface area (Å²) in [7, 11) is 0. The van der Waals surface area contributed by atoms with Gasteiger partial charge in [-0.3, -0.25) is 4.90 Å². The molecule has 1 aliphatic carbocycles. The Kier molecular flexibility index (Phi) is 5.53. The minimum Gasteiger partial charge on any atom is -0.465 e. The lowest BCUT2D eigenvalue weighted by Crippen LogP contribution is -2.59. The van der Waals surface area contributed by atoms with Crippen LogP contribution in [0.3, 0.4) is 0 Å². The van der Waals surface area contributed by atoms with Gasteiger partial charge in [-0.25, -0.2) is 4.79 Å². The Morgan fingerprint density at radius 1 is 1.00 bits per heavy atom. The molecule has 3 saturated heterocycles. The van der Waals surface area contributed by atoms with Gasteiger partial charge in [0.1, 0.15) is 0 Å². The molecule has 2 aromatic carbocycles. The molecule has 1 unspecified atom stereocenters. The van der Waals surface area contributed by atoms with Crippen LogP contribution in [0.5, 0.6) is 0 Å². The lowest BCUT2D eigenvalue weighted by Gasteiger charge is -2.50. The van der Waals surface area contributed by atoms with Crippen molar-refractivity contribution in [2.24, 2.45) is 5.92 Å². The Hall–Kier alpha value is -2.33. The molecule has 32 heavy (non-hydrogen) atoms. The predicted octanol–water partition coefficient (Wildman–Crippen LogP) is 6.10. The van der Waals surface area contributed by atoms with E-state index in [4.69, 9.17) is 0 Å². The van der Waals surface area contributed by atoms with Crippen LogP contribution in [0.15, 0.2) is 42.5 Å². The number of aryl methyl sites for hydroxylation is 1. The molecular formula is C28H36N2O2. The van der Waals surface area contributed by atoms with Crippen LogP contribution in [0.1, 0.15) is 69.2 Å². The quantitative estimate of drug-likeness (QED) is 0.637. The number of nitrogens with zero attached hydrogens (tertiary/aromatic N) is 2. The van der Waals surface area contributed by atoms with Crippen molar-refractivity contribution in [2.75, 3.05) is 19.6 Å². The average molecular weight is 433 g/mol. The molecule has 170 valence electrons. The molecule has 0 aromatic heterocycles. The van der Waals surface area contributed by atoms with Gasteiger partial charge in [0.15, 0.2) is 0 Å². The van der Waals surface area contributed by atoms with E-state index in [1.165, 1.54) is 27.8 Å². The number of piperidine rings is 3. The minimum absolute atomic E-state index is 0.0147. The third-order valence-corrected chi connectivity index (χ3v) is 8.05. The molecule has 6 rings (SSSR count). The summed E-state index contributed by atoms with van der Waals surface area (Å²) in [6.07, 6.45) is 4.54. The van der Waals surface area contributed by atoms with Gasteiger partial charge in [0.05, 0.1) is 12.1 Å². The molecule has 3 fully saturated rings. The maximum absolute atomic E-state index is 12.5. The Bertz CT molecular complexity index is 983. The fourth-order valence-corrected chi connectivity index (χ4v) is 6.18. The second-order valence-corrected chi connectivity index (χ2v) is 11.0. The van der Waals surface area contributed by atoms with Crippen LogP contribution in [0.2, 0.25) is 0 Å². The Balaban J connectivity index is 1.44. The summed E-state index contributed by atoms with van der Waals surface area (Å²) < 4.78 is 0. The Morgan fingerprint density at radius 2 is 1.69 bits per heavy atom. The zero-order chi connectivity index (χ0) is 22.5. The van der Waals surface area contributed by atoms with Crippen molar-refractivity contribution in [2.45, 2.75) is 70.4 Å². The van der Waals surface area contributed by atoms with E-state index < -0.39 is 6.09 Å². The normalized spacial score (nSPS) is 27.1. The summed E-state index contributed by atoms with van der Waals surface area (Å²) in [5.41, 5.74) is 6.51. The molecule has 3 heterocycles. The van der Waals surface area contributed by atoms with E-state index in [2.05, 4.69) is 68.1 Å². The molecule has 4 nitrogen and oxygen atoms in total. The number of hydrogen-bond donors (Lipinski definition) is 1. The van der Waals surface area contributed by atoms with Gasteiger partial charge in [-0.05, 0) is 84.3 Å². The van der Waals surface area contributed by atoms with Crippen LogP contribution in [0.25, 0.3) is 11.1 Å².